The fourth-order valence-electron chi connectivity index (χ4n) is 3.55. The maximum atomic E-state index is 12.9. The van der Waals surface area contributed by atoms with Crippen molar-refractivity contribution in [3.05, 3.63) is 70.8 Å². The van der Waals surface area contributed by atoms with E-state index < -0.39 is 36.3 Å². The molecule has 0 aromatic heterocycles. The van der Waals surface area contributed by atoms with E-state index in [1.54, 1.807) is 31.2 Å². The van der Waals surface area contributed by atoms with Crippen molar-refractivity contribution in [3.63, 3.8) is 0 Å². The van der Waals surface area contributed by atoms with Crippen LogP contribution < -0.4 is 5.32 Å². The van der Waals surface area contributed by atoms with Crippen LogP contribution in [0.25, 0.3) is 0 Å². The van der Waals surface area contributed by atoms with E-state index in [0.29, 0.717) is 13.0 Å². The molecule has 162 valence electrons. The molecular formula is C24H26N2O5. The Labute approximate surface area is 181 Å². The first-order chi connectivity index (χ1) is 14.8. The van der Waals surface area contributed by atoms with Gasteiger partial charge in [0, 0.05) is 6.54 Å². The van der Waals surface area contributed by atoms with Gasteiger partial charge in [0.25, 0.3) is 17.7 Å². The lowest BCUT2D eigenvalue weighted by Crippen LogP contribution is -2.49. The Balaban J connectivity index is 1.66. The average molecular weight is 422 g/mol. The number of imide groups is 1. The average Bonchev–Trinajstić information content (AvgIpc) is 3.02. The van der Waals surface area contributed by atoms with Crippen molar-refractivity contribution in [2.24, 2.45) is 5.92 Å². The molecule has 1 heterocycles. The third-order valence-corrected chi connectivity index (χ3v) is 5.61. The Morgan fingerprint density at radius 2 is 1.58 bits per heavy atom. The van der Waals surface area contributed by atoms with Gasteiger partial charge >= 0.3 is 5.97 Å². The number of hydrogen-bond donors (Lipinski definition) is 1. The Morgan fingerprint density at radius 1 is 1.00 bits per heavy atom. The number of nitrogens with one attached hydrogen (secondary N) is 1. The summed E-state index contributed by atoms with van der Waals surface area (Å²) >= 11 is 0. The highest BCUT2D eigenvalue weighted by molar-refractivity contribution is 6.22. The van der Waals surface area contributed by atoms with Gasteiger partial charge in [-0.15, -0.1) is 0 Å². The van der Waals surface area contributed by atoms with Gasteiger partial charge < -0.3 is 10.1 Å². The number of ether oxygens (including phenoxy) is 1. The number of rotatable bonds is 8. The van der Waals surface area contributed by atoms with Crippen molar-refractivity contribution in [1.82, 2.24) is 10.2 Å². The second kappa shape index (κ2) is 9.55. The predicted octanol–water partition coefficient (Wildman–Crippen LogP) is 2.87. The number of esters is 1. The number of carbonyl (C=O) groups is 4. The zero-order valence-corrected chi connectivity index (χ0v) is 17.9. The number of carbonyl (C=O) groups excluding carboxylic acids is 4. The molecule has 1 aliphatic heterocycles. The fraction of sp³-hybridized carbons (Fsp3) is 0.333. The highest BCUT2D eigenvalue weighted by atomic mass is 16.5. The van der Waals surface area contributed by atoms with Crippen LogP contribution in [0.1, 0.15) is 52.1 Å². The molecule has 31 heavy (non-hydrogen) atoms. The molecule has 1 aliphatic rings. The Hall–Kier alpha value is -3.48. The lowest BCUT2D eigenvalue weighted by atomic mass is 9.97. The molecule has 0 saturated heterocycles. The molecule has 7 heteroatoms. The second-order valence-corrected chi connectivity index (χ2v) is 7.67. The highest BCUT2D eigenvalue weighted by Crippen LogP contribution is 2.28. The summed E-state index contributed by atoms with van der Waals surface area (Å²) in [6.45, 7) is 5.41. The van der Waals surface area contributed by atoms with Crippen LogP contribution in [-0.2, 0) is 20.9 Å². The van der Waals surface area contributed by atoms with Gasteiger partial charge in [-0.25, -0.2) is 4.79 Å². The van der Waals surface area contributed by atoms with E-state index >= 15 is 0 Å². The Kier molecular flexibility index (Phi) is 6.84. The molecule has 2 aromatic rings. The monoisotopic (exact) mass is 422 g/mol. The van der Waals surface area contributed by atoms with Gasteiger partial charge in [-0.2, -0.15) is 0 Å². The first kappa shape index (κ1) is 22.2. The number of hydrogen-bond acceptors (Lipinski definition) is 5. The minimum atomic E-state index is -1.10. The van der Waals surface area contributed by atoms with E-state index in [0.717, 1.165) is 16.0 Å². The van der Waals surface area contributed by atoms with Crippen molar-refractivity contribution in [2.75, 3.05) is 6.61 Å². The van der Waals surface area contributed by atoms with Crippen LogP contribution >= 0.6 is 0 Å². The summed E-state index contributed by atoms with van der Waals surface area (Å²) < 4.78 is 5.22. The molecule has 0 aliphatic carbocycles. The van der Waals surface area contributed by atoms with Crippen molar-refractivity contribution in [2.45, 2.75) is 39.8 Å². The lowest BCUT2D eigenvalue weighted by molar-refractivity contribution is -0.154. The van der Waals surface area contributed by atoms with E-state index in [4.69, 9.17) is 4.74 Å². The van der Waals surface area contributed by atoms with Gasteiger partial charge in [-0.1, -0.05) is 56.7 Å². The molecule has 2 atom stereocenters. The van der Waals surface area contributed by atoms with E-state index in [9.17, 15) is 19.2 Å². The van der Waals surface area contributed by atoms with Gasteiger partial charge in [-0.3, -0.25) is 19.3 Å². The number of fused-ring (bicyclic) bond motifs is 1. The maximum Gasteiger partial charge on any atom is 0.330 e. The normalized spacial score (nSPS) is 14.7. The largest absolute Gasteiger partial charge is 0.454 e. The fourth-order valence-corrected chi connectivity index (χ4v) is 3.55. The van der Waals surface area contributed by atoms with Crippen LogP contribution in [0, 0.1) is 12.8 Å². The minimum absolute atomic E-state index is 0.268. The molecule has 7 nitrogen and oxygen atoms in total. The van der Waals surface area contributed by atoms with Gasteiger partial charge in [-0.05, 0) is 36.1 Å². The van der Waals surface area contributed by atoms with Crippen molar-refractivity contribution in [3.8, 4) is 0 Å². The summed E-state index contributed by atoms with van der Waals surface area (Å²) in [7, 11) is 0. The quantitative estimate of drug-likeness (QED) is 0.522. The summed E-state index contributed by atoms with van der Waals surface area (Å²) in [5, 5.41) is 2.71. The van der Waals surface area contributed by atoms with Crippen LogP contribution in [0.3, 0.4) is 0 Å². The van der Waals surface area contributed by atoms with E-state index in [1.165, 1.54) is 0 Å². The van der Waals surface area contributed by atoms with Crippen LogP contribution in [0.2, 0.25) is 0 Å². The SMILES string of the molecule is CC[C@H](C)[C@@H](C(=O)OCC(=O)NCc1ccccc1C)N1C(=O)c2ccccc2C1=O. The zero-order chi connectivity index (χ0) is 22.5. The molecule has 0 spiro atoms. The Morgan fingerprint density at radius 3 is 2.16 bits per heavy atom. The van der Waals surface area contributed by atoms with Gasteiger partial charge in [0.2, 0.25) is 0 Å². The molecule has 0 saturated carbocycles. The van der Waals surface area contributed by atoms with Crippen LogP contribution in [-0.4, -0.2) is 41.2 Å². The third kappa shape index (κ3) is 4.66. The summed E-state index contributed by atoms with van der Waals surface area (Å²) in [5.74, 6) is -2.60. The number of benzene rings is 2. The Bertz CT molecular complexity index is 982. The van der Waals surface area contributed by atoms with Crippen molar-refractivity contribution >= 4 is 23.7 Å². The first-order valence-electron chi connectivity index (χ1n) is 10.3. The molecule has 2 aromatic carbocycles. The predicted molar refractivity (Wildman–Crippen MR) is 114 cm³/mol. The van der Waals surface area contributed by atoms with Crippen molar-refractivity contribution in [1.29, 1.82) is 0 Å². The van der Waals surface area contributed by atoms with E-state index in [1.807, 2.05) is 38.1 Å². The van der Waals surface area contributed by atoms with Crippen LogP contribution in [0.5, 0.6) is 0 Å². The van der Waals surface area contributed by atoms with E-state index in [2.05, 4.69) is 5.32 Å². The summed E-state index contributed by atoms with van der Waals surface area (Å²) in [5.41, 5.74) is 2.54. The first-order valence-corrected chi connectivity index (χ1v) is 10.3. The molecule has 0 fully saturated rings. The minimum Gasteiger partial charge on any atom is -0.454 e. The molecule has 0 radical (unpaired) electrons. The second-order valence-electron chi connectivity index (χ2n) is 7.67. The molecular weight excluding hydrogens is 396 g/mol. The molecule has 3 amide bonds. The van der Waals surface area contributed by atoms with Crippen LogP contribution in [0.4, 0.5) is 0 Å². The molecule has 3 rings (SSSR count). The lowest BCUT2D eigenvalue weighted by Gasteiger charge is -2.28. The summed E-state index contributed by atoms with van der Waals surface area (Å²) in [6, 6.07) is 13.0. The summed E-state index contributed by atoms with van der Waals surface area (Å²) in [4.78, 5) is 51.7. The van der Waals surface area contributed by atoms with Gasteiger partial charge in [0.1, 0.15) is 6.04 Å². The number of amides is 3. The standard InChI is InChI=1S/C24H26N2O5/c1-4-15(2)21(26-22(28)18-11-7-8-12-19(18)23(26)29)24(30)31-14-20(27)25-13-17-10-6-5-9-16(17)3/h5-12,15,21H,4,13-14H2,1-3H3,(H,25,27)/t15-,21-/m0/s1. The topological polar surface area (TPSA) is 92.8 Å². The number of nitrogens with zero attached hydrogens (tertiary/aromatic N) is 1. The molecule has 1 N–H and O–H groups in total. The van der Waals surface area contributed by atoms with Gasteiger partial charge in [0.15, 0.2) is 6.61 Å². The molecule has 0 bridgehead atoms. The number of aryl methyl sites for hydroxylation is 1. The maximum absolute atomic E-state index is 12.9. The smallest absolute Gasteiger partial charge is 0.330 e. The third-order valence-electron chi connectivity index (χ3n) is 5.61. The van der Waals surface area contributed by atoms with E-state index in [-0.39, 0.29) is 17.0 Å². The highest BCUT2D eigenvalue weighted by Gasteiger charge is 2.45. The van der Waals surface area contributed by atoms with Gasteiger partial charge in [0.05, 0.1) is 11.1 Å². The molecule has 0 unspecified atom stereocenters. The zero-order valence-electron chi connectivity index (χ0n) is 17.9. The van der Waals surface area contributed by atoms with Crippen molar-refractivity contribution < 1.29 is 23.9 Å². The van der Waals surface area contributed by atoms with Crippen LogP contribution in [0.15, 0.2) is 48.5 Å². The summed E-state index contributed by atoms with van der Waals surface area (Å²) in [6.07, 6.45) is 0.548.